The fourth-order valence-electron chi connectivity index (χ4n) is 4.16. The zero-order valence-electron chi connectivity index (χ0n) is 19.7. The maximum atomic E-state index is 13.6. The van der Waals surface area contributed by atoms with E-state index >= 15 is 0 Å². The van der Waals surface area contributed by atoms with Gasteiger partial charge >= 0.3 is 6.09 Å². The molecule has 1 aliphatic rings. The number of carbonyl (C=O) groups is 1. The molecule has 1 aliphatic carbocycles. The molecule has 4 rings (SSSR count). The number of pyridine rings is 1. The molecule has 1 saturated carbocycles. The second-order valence-electron chi connectivity index (χ2n) is 9.50. The molecule has 182 valence electrons. The average molecular weight is 474 g/mol. The Balaban J connectivity index is 1.64. The van der Waals surface area contributed by atoms with E-state index in [1.165, 1.54) is 12.4 Å². The third-order valence-corrected chi connectivity index (χ3v) is 5.66. The smallest absolute Gasteiger partial charge is 0.407 e. The Hall–Kier alpha value is -3.37. The summed E-state index contributed by atoms with van der Waals surface area (Å²) in [7, 11) is 1.77. The summed E-state index contributed by atoms with van der Waals surface area (Å²) in [6.07, 6.45) is 6.49. The van der Waals surface area contributed by atoms with Crippen molar-refractivity contribution in [2.45, 2.75) is 70.6 Å². The van der Waals surface area contributed by atoms with Gasteiger partial charge in [0.2, 0.25) is 5.95 Å². The largest absolute Gasteiger partial charge is 0.444 e. The quantitative estimate of drug-likeness (QED) is 0.557. The number of aromatic nitrogens is 5. The van der Waals surface area contributed by atoms with Gasteiger partial charge in [-0.1, -0.05) is 12.8 Å². The Kier molecular flexibility index (Phi) is 6.63. The van der Waals surface area contributed by atoms with Gasteiger partial charge in [-0.05, 0) is 33.6 Å². The molecule has 3 heterocycles. The number of anilines is 1. The first kappa shape index (κ1) is 23.8. The number of alkyl carbamates (subject to hydrolysis) is 1. The van der Waals surface area contributed by atoms with E-state index in [1.807, 2.05) is 20.8 Å². The SMILES string of the molecule is Cn1cc(-c2cnc(C(F)F)c3cnc(N[C@@H]4CCCC[C@@H]4NC(=O)OC(C)(C)C)nc23)cn1. The van der Waals surface area contributed by atoms with E-state index < -0.39 is 18.1 Å². The number of halogens is 2. The number of ether oxygens (including phenoxy) is 1. The van der Waals surface area contributed by atoms with Gasteiger partial charge in [-0.15, -0.1) is 0 Å². The van der Waals surface area contributed by atoms with Crippen LogP contribution in [0.25, 0.3) is 22.0 Å². The van der Waals surface area contributed by atoms with Crippen LogP contribution in [0.5, 0.6) is 0 Å². The van der Waals surface area contributed by atoms with Gasteiger partial charge in [-0.3, -0.25) is 9.67 Å². The van der Waals surface area contributed by atoms with Gasteiger partial charge in [0.15, 0.2) is 0 Å². The summed E-state index contributed by atoms with van der Waals surface area (Å²) in [4.78, 5) is 25.2. The van der Waals surface area contributed by atoms with Crippen LogP contribution in [0.2, 0.25) is 0 Å². The molecule has 0 saturated heterocycles. The first-order valence-corrected chi connectivity index (χ1v) is 11.3. The minimum absolute atomic E-state index is 0.128. The molecule has 0 unspecified atom stereocenters. The molecule has 11 heteroatoms. The maximum absolute atomic E-state index is 13.6. The van der Waals surface area contributed by atoms with Crippen LogP contribution in [-0.2, 0) is 11.8 Å². The number of carbonyl (C=O) groups excluding carboxylic acids is 1. The molecule has 2 N–H and O–H groups in total. The number of fused-ring (bicyclic) bond motifs is 1. The van der Waals surface area contributed by atoms with E-state index in [-0.39, 0.29) is 23.2 Å². The molecule has 0 aromatic carbocycles. The van der Waals surface area contributed by atoms with Crippen LogP contribution >= 0.6 is 0 Å². The minimum Gasteiger partial charge on any atom is -0.444 e. The van der Waals surface area contributed by atoms with Crippen LogP contribution in [0, 0.1) is 0 Å². The van der Waals surface area contributed by atoms with Gasteiger partial charge in [-0.2, -0.15) is 5.10 Å². The van der Waals surface area contributed by atoms with E-state index in [0.717, 1.165) is 25.7 Å². The third-order valence-electron chi connectivity index (χ3n) is 5.66. The van der Waals surface area contributed by atoms with Crippen molar-refractivity contribution in [2.75, 3.05) is 5.32 Å². The van der Waals surface area contributed by atoms with Gasteiger partial charge in [0.1, 0.15) is 11.3 Å². The van der Waals surface area contributed by atoms with E-state index in [9.17, 15) is 13.6 Å². The van der Waals surface area contributed by atoms with Crippen LogP contribution in [0.15, 0.2) is 24.8 Å². The van der Waals surface area contributed by atoms with E-state index in [1.54, 1.807) is 24.1 Å². The lowest BCUT2D eigenvalue weighted by Crippen LogP contribution is -2.50. The lowest BCUT2D eigenvalue weighted by Gasteiger charge is -2.33. The summed E-state index contributed by atoms with van der Waals surface area (Å²) in [5.41, 5.74) is 0.708. The third kappa shape index (κ3) is 5.40. The Labute approximate surface area is 196 Å². The van der Waals surface area contributed by atoms with Crippen molar-refractivity contribution in [1.29, 1.82) is 0 Å². The van der Waals surface area contributed by atoms with Crippen molar-refractivity contribution in [2.24, 2.45) is 7.05 Å². The molecule has 34 heavy (non-hydrogen) atoms. The summed E-state index contributed by atoms with van der Waals surface area (Å²) >= 11 is 0. The van der Waals surface area contributed by atoms with E-state index in [4.69, 9.17) is 4.74 Å². The second-order valence-corrected chi connectivity index (χ2v) is 9.50. The number of nitrogens with zero attached hydrogens (tertiary/aromatic N) is 5. The lowest BCUT2D eigenvalue weighted by molar-refractivity contribution is 0.0488. The van der Waals surface area contributed by atoms with Crippen molar-refractivity contribution in [1.82, 2.24) is 30.0 Å². The number of amides is 1. The fraction of sp³-hybridized carbons (Fsp3) is 0.522. The average Bonchev–Trinajstić information content (AvgIpc) is 3.18. The standard InChI is InChI=1S/C23H29F2N7O2/c1-23(2,3)34-22(33)30-17-8-6-5-7-16(17)29-21-27-11-15-18(31-21)14(10-26-19(15)20(24)25)13-9-28-32(4)12-13/h9-12,16-17,20H,5-8H2,1-4H3,(H,30,33)(H,27,29,31)/t16-,17+/m1/s1. The Morgan fingerprint density at radius 1 is 1.15 bits per heavy atom. The molecule has 0 spiro atoms. The predicted molar refractivity (Wildman–Crippen MR) is 124 cm³/mol. The Bertz CT molecular complexity index is 1180. The first-order valence-electron chi connectivity index (χ1n) is 11.3. The van der Waals surface area contributed by atoms with Crippen LogP contribution in [0.3, 0.4) is 0 Å². The number of hydrogen-bond donors (Lipinski definition) is 2. The Morgan fingerprint density at radius 2 is 1.88 bits per heavy atom. The summed E-state index contributed by atoms with van der Waals surface area (Å²) < 4.78 is 34.2. The zero-order valence-corrected chi connectivity index (χ0v) is 19.7. The maximum Gasteiger partial charge on any atom is 0.407 e. The summed E-state index contributed by atoms with van der Waals surface area (Å²) in [6, 6.07) is -0.299. The topological polar surface area (TPSA) is 107 Å². The molecule has 0 aliphatic heterocycles. The molecule has 3 aromatic heterocycles. The normalized spacial score (nSPS) is 18.8. The summed E-state index contributed by atoms with van der Waals surface area (Å²) in [6.45, 7) is 5.44. The molecule has 1 amide bonds. The molecule has 3 aromatic rings. The Morgan fingerprint density at radius 3 is 2.53 bits per heavy atom. The first-order chi connectivity index (χ1) is 16.1. The van der Waals surface area contributed by atoms with Crippen molar-refractivity contribution in [3.8, 4) is 11.1 Å². The van der Waals surface area contributed by atoms with Crippen molar-refractivity contribution in [3.63, 3.8) is 0 Å². The molecule has 0 radical (unpaired) electrons. The highest BCUT2D eigenvalue weighted by Crippen LogP contribution is 2.32. The molecule has 0 bridgehead atoms. The van der Waals surface area contributed by atoms with Crippen molar-refractivity contribution in [3.05, 3.63) is 30.5 Å². The molecular formula is C23H29F2N7O2. The highest BCUT2D eigenvalue weighted by molar-refractivity contribution is 5.94. The monoisotopic (exact) mass is 473 g/mol. The summed E-state index contributed by atoms with van der Waals surface area (Å²) in [5, 5.41) is 10.6. The van der Waals surface area contributed by atoms with Gasteiger partial charge in [-0.25, -0.2) is 23.5 Å². The van der Waals surface area contributed by atoms with Gasteiger partial charge in [0.05, 0.1) is 17.8 Å². The highest BCUT2D eigenvalue weighted by atomic mass is 19.3. The van der Waals surface area contributed by atoms with E-state index in [2.05, 4.69) is 30.7 Å². The van der Waals surface area contributed by atoms with Gasteiger partial charge < -0.3 is 15.4 Å². The summed E-state index contributed by atoms with van der Waals surface area (Å²) in [5.74, 6) is 0.298. The number of aryl methyl sites for hydroxylation is 1. The molecule has 2 atom stereocenters. The number of rotatable bonds is 5. The molecule has 1 fully saturated rings. The predicted octanol–water partition coefficient (Wildman–Crippen LogP) is 4.61. The lowest BCUT2D eigenvalue weighted by atomic mass is 9.90. The fourth-order valence-corrected chi connectivity index (χ4v) is 4.16. The highest BCUT2D eigenvalue weighted by Gasteiger charge is 2.29. The molecular weight excluding hydrogens is 444 g/mol. The van der Waals surface area contributed by atoms with Crippen molar-refractivity contribution >= 4 is 22.9 Å². The van der Waals surface area contributed by atoms with Gasteiger partial charge in [0, 0.05) is 48.2 Å². The van der Waals surface area contributed by atoms with Gasteiger partial charge in [0.25, 0.3) is 6.43 Å². The number of alkyl halides is 2. The van der Waals surface area contributed by atoms with Crippen LogP contribution in [0.1, 0.15) is 58.6 Å². The molecule has 9 nitrogen and oxygen atoms in total. The van der Waals surface area contributed by atoms with Crippen LogP contribution in [-0.4, -0.2) is 48.5 Å². The second kappa shape index (κ2) is 9.47. The van der Waals surface area contributed by atoms with Crippen molar-refractivity contribution < 1.29 is 18.3 Å². The number of hydrogen-bond acceptors (Lipinski definition) is 7. The zero-order chi connectivity index (χ0) is 24.5. The van der Waals surface area contributed by atoms with Crippen LogP contribution < -0.4 is 10.6 Å². The van der Waals surface area contributed by atoms with Crippen LogP contribution in [0.4, 0.5) is 19.5 Å². The van der Waals surface area contributed by atoms with E-state index in [0.29, 0.717) is 22.6 Å². The minimum atomic E-state index is -2.76. The number of nitrogens with one attached hydrogen (secondary N) is 2.